The first kappa shape index (κ1) is 42.3. The Hall–Kier alpha value is -5.62. The van der Waals surface area contributed by atoms with Crippen molar-refractivity contribution in [3.8, 4) is 39.3 Å². The van der Waals surface area contributed by atoms with Crippen LogP contribution in [0.5, 0.6) is 0 Å². The number of rotatable bonds is 8. The van der Waals surface area contributed by atoms with Crippen molar-refractivity contribution in [2.75, 3.05) is 0 Å². The summed E-state index contributed by atoms with van der Waals surface area (Å²) in [6.07, 6.45) is 9.12. The zero-order valence-electron chi connectivity index (χ0n) is 39.3. The van der Waals surface area contributed by atoms with Crippen LogP contribution in [0.15, 0.2) is 145 Å². The van der Waals surface area contributed by atoms with Crippen LogP contribution in [0, 0.1) is 5.41 Å². The SMILES string of the molecule is C=C1CC2[N+](/C=C(\CC)[Si](C)(C)C)=C[C@]2(C)CCc2cc3sc4ccc(-c5ccccc5)cc4c3cc2-c2n(-c3c(C(C)C)cc(-c4ccccc4)cc3C(C)C)c3ccccc3[n+]21. The fourth-order valence-corrected chi connectivity index (χ4v) is 13.6. The van der Waals surface area contributed by atoms with Crippen LogP contribution in [-0.4, -0.2) is 29.5 Å². The van der Waals surface area contributed by atoms with E-state index in [2.05, 4.69) is 215 Å². The standard InChI is InChI=1S/C59H63N3SSi/c1-11-46(64(8,9)10)36-60-37-59(7)29-28-44-34-55-51(50-31-43(26-27-54(50)63-55)41-20-14-12-15-21-41)35-49(44)58-61(40(6)30-56(59)60)52-24-18-19-25-53(52)62(58)57-47(38(2)3)32-45(33-48(57)39(4)5)42-22-16-13-17-23-42/h12-27,31-39,56H,6,11,28-30H2,1-5,7-10H3/q+2/b46-36+/t56?,59-/m0/s1. The lowest BCUT2D eigenvalue weighted by molar-refractivity contribution is -0.571. The van der Waals surface area contributed by atoms with Crippen molar-refractivity contribution in [1.29, 1.82) is 0 Å². The summed E-state index contributed by atoms with van der Waals surface area (Å²) in [7, 11) is -1.50. The highest BCUT2D eigenvalue weighted by atomic mass is 32.1. The van der Waals surface area contributed by atoms with E-state index in [1.54, 1.807) is 5.20 Å². The van der Waals surface area contributed by atoms with E-state index in [-0.39, 0.29) is 17.3 Å². The minimum Gasteiger partial charge on any atom is -0.204 e. The fourth-order valence-electron chi connectivity index (χ4n) is 10.8. The number of para-hydroxylation sites is 2. The van der Waals surface area contributed by atoms with Gasteiger partial charge in [0.05, 0.1) is 20.1 Å². The Balaban J connectivity index is 1.30. The van der Waals surface area contributed by atoms with Crippen LogP contribution in [-0.2, 0) is 6.42 Å². The van der Waals surface area contributed by atoms with Crippen LogP contribution in [0.4, 0.5) is 0 Å². The van der Waals surface area contributed by atoms with Crippen LogP contribution >= 0.6 is 11.3 Å². The van der Waals surface area contributed by atoms with Crippen LogP contribution < -0.4 is 4.57 Å². The van der Waals surface area contributed by atoms with Crippen LogP contribution in [0.1, 0.15) is 89.3 Å². The fraction of sp³-hybridized carbons (Fsp3) is 0.288. The van der Waals surface area contributed by atoms with Gasteiger partial charge in [-0.1, -0.05) is 140 Å². The summed E-state index contributed by atoms with van der Waals surface area (Å²) < 4.78 is 10.5. The zero-order chi connectivity index (χ0) is 44.7. The lowest BCUT2D eigenvalue weighted by Crippen LogP contribution is -2.55. The minimum absolute atomic E-state index is 0.0357. The van der Waals surface area contributed by atoms with Crippen molar-refractivity contribution in [3.05, 3.63) is 162 Å². The summed E-state index contributed by atoms with van der Waals surface area (Å²) in [4.78, 5) is 0. The first-order valence-electron chi connectivity index (χ1n) is 23.6. The molecule has 6 aromatic carbocycles. The van der Waals surface area contributed by atoms with E-state index >= 15 is 0 Å². The van der Waals surface area contributed by atoms with Gasteiger partial charge in [-0.3, -0.25) is 0 Å². The molecule has 322 valence electrons. The van der Waals surface area contributed by atoms with Gasteiger partial charge < -0.3 is 0 Å². The Morgan fingerprint density at radius 1 is 0.766 bits per heavy atom. The third kappa shape index (κ3) is 7.16. The molecule has 5 heteroatoms. The maximum atomic E-state index is 5.11. The van der Waals surface area contributed by atoms with Crippen LogP contribution in [0.25, 0.3) is 76.2 Å². The number of fused-ring (bicyclic) bond motifs is 9. The van der Waals surface area contributed by atoms with Crippen molar-refractivity contribution >= 4 is 62.5 Å². The van der Waals surface area contributed by atoms with E-state index in [1.807, 2.05) is 11.3 Å². The smallest absolute Gasteiger partial charge is 0.204 e. The van der Waals surface area contributed by atoms with Crippen molar-refractivity contribution < 1.29 is 9.14 Å². The second-order valence-corrected chi connectivity index (χ2v) is 26.7. The molecule has 0 spiro atoms. The Morgan fingerprint density at radius 3 is 2.03 bits per heavy atom. The molecule has 2 atom stereocenters. The maximum Gasteiger partial charge on any atom is 0.300 e. The molecule has 64 heavy (non-hydrogen) atoms. The summed E-state index contributed by atoms with van der Waals surface area (Å²) in [5, 5.41) is 4.26. The summed E-state index contributed by atoms with van der Waals surface area (Å²) in [5.41, 5.74) is 15.4. The molecule has 2 aliphatic rings. The molecular weight excluding hydrogens is 811 g/mol. The Morgan fingerprint density at radius 2 is 1.39 bits per heavy atom. The van der Waals surface area contributed by atoms with Crippen molar-refractivity contribution in [1.82, 2.24) is 4.57 Å². The number of hydrogen-bond acceptors (Lipinski definition) is 1. The van der Waals surface area contributed by atoms with Gasteiger partial charge in [0.1, 0.15) is 16.8 Å². The molecule has 0 saturated heterocycles. The lowest BCUT2D eigenvalue weighted by atomic mass is 9.71. The van der Waals surface area contributed by atoms with Crippen molar-refractivity contribution in [2.45, 2.75) is 105 Å². The Labute approximate surface area is 385 Å². The van der Waals surface area contributed by atoms with Gasteiger partial charge in [0, 0.05) is 31.3 Å². The number of hydrogen-bond donors (Lipinski definition) is 0. The molecule has 2 aromatic heterocycles. The van der Waals surface area contributed by atoms with Crippen LogP contribution in [0.2, 0.25) is 19.6 Å². The van der Waals surface area contributed by atoms with Crippen molar-refractivity contribution in [2.24, 2.45) is 5.41 Å². The van der Waals surface area contributed by atoms with Crippen LogP contribution in [0.3, 0.4) is 0 Å². The van der Waals surface area contributed by atoms with E-state index in [1.165, 1.54) is 87.2 Å². The quantitative estimate of drug-likeness (QED) is 0.106. The average Bonchev–Trinajstić information content (AvgIpc) is 3.82. The number of benzene rings is 6. The summed E-state index contributed by atoms with van der Waals surface area (Å²) in [6, 6.07) is 48.4. The molecule has 8 aromatic rings. The molecule has 3 nitrogen and oxygen atoms in total. The van der Waals surface area contributed by atoms with Gasteiger partial charge in [0.25, 0.3) is 5.82 Å². The second-order valence-electron chi connectivity index (χ2n) is 20.5. The molecule has 0 amide bonds. The number of imidazole rings is 1. The number of nitrogens with zero attached hydrogens (tertiary/aromatic N) is 3. The maximum absolute atomic E-state index is 5.11. The highest BCUT2D eigenvalue weighted by Gasteiger charge is 2.53. The number of aromatic nitrogens is 2. The largest absolute Gasteiger partial charge is 0.300 e. The third-order valence-corrected chi connectivity index (χ3v) is 18.0. The van der Waals surface area contributed by atoms with Gasteiger partial charge >= 0.3 is 0 Å². The molecule has 0 fully saturated rings. The van der Waals surface area contributed by atoms with E-state index in [4.69, 9.17) is 6.58 Å². The molecule has 4 heterocycles. The number of aryl methyl sites for hydroxylation is 1. The highest BCUT2D eigenvalue weighted by molar-refractivity contribution is 7.25. The third-order valence-electron chi connectivity index (χ3n) is 14.5. The molecule has 10 rings (SSSR count). The molecule has 2 aliphatic heterocycles. The zero-order valence-corrected chi connectivity index (χ0v) is 41.1. The summed E-state index contributed by atoms with van der Waals surface area (Å²) >= 11 is 1.93. The van der Waals surface area contributed by atoms with Gasteiger partial charge in [0.2, 0.25) is 0 Å². The lowest BCUT2D eigenvalue weighted by Gasteiger charge is -2.38. The average molecular weight is 874 g/mol. The molecular formula is C59H63N3SSi+2. The first-order valence-corrected chi connectivity index (χ1v) is 27.9. The predicted molar refractivity (Wildman–Crippen MR) is 279 cm³/mol. The van der Waals surface area contributed by atoms with Crippen molar-refractivity contribution in [3.63, 3.8) is 0 Å². The molecule has 1 unspecified atom stereocenters. The van der Waals surface area contributed by atoms with Gasteiger partial charge in [-0.15, -0.1) is 11.3 Å². The van der Waals surface area contributed by atoms with E-state index in [0.29, 0.717) is 6.04 Å². The van der Waals surface area contributed by atoms with Gasteiger partial charge in [-0.05, 0) is 120 Å². The summed E-state index contributed by atoms with van der Waals surface area (Å²) in [5.74, 6) is 1.78. The monoisotopic (exact) mass is 873 g/mol. The topological polar surface area (TPSA) is 11.8 Å². The van der Waals surface area contributed by atoms with Gasteiger partial charge in [-0.25, -0.2) is 4.58 Å². The van der Waals surface area contributed by atoms with Gasteiger partial charge in [0.15, 0.2) is 29.5 Å². The second kappa shape index (κ2) is 16.1. The number of thiophene rings is 1. The normalized spacial score (nSPS) is 18.0. The van der Waals surface area contributed by atoms with E-state index < -0.39 is 8.07 Å². The molecule has 0 N–H and O–H groups in total. The molecule has 0 bridgehead atoms. The van der Waals surface area contributed by atoms with Gasteiger partial charge in [-0.2, -0.15) is 9.13 Å². The summed E-state index contributed by atoms with van der Waals surface area (Å²) in [6.45, 7) is 26.9. The Bertz CT molecular complexity index is 3160. The Kier molecular flexibility index (Phi) is 10.7. The van der Waals surface area contributed by atoms with E-state index in [0.717, 1.165) is 31.4 Å². The molecule has 0 aliphatic carbocycles. The predicted octanol–water partition coefficient (Wildman–Crippen LogP) is 16.0. The molecule has 0 radical (unpaired) electrons. The molecule has 0 saturated carbocycles. The van der Waals surface area contributed by atoms with E-state index in [9.17, 15) is 0 Å². The first-order chi connectivity index (χ1) is 30.7. The minimum atomic E-state index is -1.50. The number of allylic oxidation sites excluding steroid dienone is 1. The highest BCUT2D eigenvalue weighted by Crippen LogP contribution is 2.47.